The highest BCUT2D eigenvalue weighted by Crippen LogP contribution is 2.24. The number of carboxylic acids is 1. The molecule has 0 radical (unpaired) electrons. The number of hydrogen-bond donors (Lipinski definition) is 2. The molecular formula is C15H14ClNO5. The van der Waals surface area contributed by atoms with Crippen molar-refractivity contribution in [3.63, 3.8) is 0 Å². The van der Waals surface area contributed by atoms with Crippen LogP contribution < -0.4 is 10.2 Å². The van der Waals surface area contributed by atoms with Gasteiger partial charge in [0.15, 0.2) is 5.75 Å². The van der Waals surface area contributed by atoms with Crippen molar-refractivity contribution in [2.24, 2.45) is 0 Å². The summed E-state index contributed by atoms with van der Waals surface area (Å²) >= 11 is 5.99. The summed E-state index contributed by atoms with van der Waals surface area (Å²) in [6.45, 7) is 2.00. The molecule has 2 N–H and O–H groups in total. The number of aromatic nitrogens is 1. The summed E-state index contributed by atoms with van der Waals surface area (Å²) in [5.74, 6) is -1.51. The maximum Gasteiger partial charge on any atom is 0.341 e. The Balaban J connectivity index is 2.18. The number of hydrogen-bond acceptors (Lipinski definition) is 4. The average Bonchev–Trinajstić information content (AvgIpc) is 2.44. The van der Waals surface area contributed by atoms with Crippen LogP contribution >= 0.6 is 11.6 Å². The highest BCUT2D eigenvalue weighted by molar-refractivity contribution is 6.32. The van der Waals surface area contributed by atoms with Crippen molar-refractivity contribution in [3.8, 4) is 11.5 Å². The van der Waals surface area contributed by atoms with Gasteiger partial charge in [0.1, 0.15) is 17.4 Å². The van der Waals surface area contributed by atoms with E-state index in [0.717, 1.165) is 6.20 Å². The third-order valence-corrected chi connectivity index (χ3v) is 3.24. The Morgan fingerprint density at radius 1 is 1.36 bits per heavy atom. The minimum atomic E-state index is -1.39. The Labute approximate surface area is 131 Å². The van der Waals surface area contributed by atoms with E-state index in [1.807, 2.05) is 0 Å². The predicted molar refractivity (Wildman–Crippen MR) is 80.9 cm³/mol. The minimum absolute atomic E-state index is 0.235. The molecule has 0 spiro atoms. The molecule has 0 aliphatic rings. The monoisotopic (exact) mass is 323 g/mol. The Kier molecular flexibility index (Phi) is 4.72. The Morgan fingerprint density at radius 2 is 2.05 bits per heavy atom. The summed E-state index contributed by atoms with van der Waals surface area (Å²) in [5, 5.41) is 18.9. The summed E-state index contributed by atoms with van der Waals surface area (Å²) < 4.78 is 7.05. The molecule has 1 aromatic heterocycles. The molecule has 1 unspecified atom stereocenters. The molecule has 2 aromatic rings. The van der Waals surface area contributed by atoms with Crippen molar-refractivity contribution < 1.29 is 19.7 Å². The summed E-state index contributed by atoms with van der Waals surface area (Å²) in [5.41, 5.74) is -1.41. The first kappa shape index (κ1) is 15.9. The van der Waals surface area contributed by atoms with Crippen LogP contribution in [-0.4, -0.2) is 26.9 Å². The van der Waals surface area contributed by atoms with E-state index < -0.39 is 22.7 Å². The van der Waals surface area contributed by atoms with E-state index in [0.29, 0.717) is 10.8 Å². The van der Waals surface area contributed by atoms with Crippen molar-refractivity contribution in [1.29, 1.82) is 0 Å². The fourth-order valence-electron chi connectivity index (χ4n) is 1.96. The maximum atomic E-state index is 11.5. The number of aromatic hydroxyl groups is 1. The van der Waals surface area contributed by atoms with E-state index in [-0.39, 0.29) is 12.6 Å². The smallest absolute Gasteiger partial charge is 0.341 e. The number of halogens is 1. The van der Waals surface area contributed by atoms with Gasteiger partial charge in [-0.25, -0.2) is 4.79 Å². The minimum Gasteiger partial charge on any atom is -0.503 e. The number of aromatic carboxylic acids is 1. The lowest BCUT2D eigenvalue weighted by atomic mass is 10.2. The van der Waals surface area contributed by atoms with Crippen LogP contribution in [0, 0.1) is 0 Å². The highest BCUT2D eigenvalue weighted by Gasteiger charge is 2.15. The largest absolute Gasteiger partial charge is 0.503 e. The van der Waals surface area contributed by atoms with E-state index in [9.17, 15) is 14.7 Å². The molecule has 0 aliphatic heterocycles. The van der Waals surface area contributed by atoms with Gasteiger partial charge in [-0.1, -0.05) is 23.7 Å². The predicted octanol–water partition coefficient (Wildman–Crippen LogP) is 2.37. The maximum absolute atomic E-state index is 11.5. The van der Waals surface area contributed by atoms with Crippen LogP contribution in [0.1, 0.15) is 17.3 Å². The molecule has 0 fully saturated rings. The summed E-state index contributed by atoms with van der Waals surface area (Å²) in [4.78, 5) is 22.5. The normalized spacial score (nSPS) is 11.9. The van der Waals surface area contributed by atoms with E-state index >= 15 is 0 Å². The Bertz CT molecular complexity index is 756. The number of carboxylic acid groups (broad SMARTS) is 1. The Hall–Kier alpha value is -2.47. The second kappa shape index (κ2) is 6.53. The van der Waals surface area contributed by atoms with Crippen LogP contribution in [0.15, 0.2) is 41.5 Å². The molecule has 1 atom stereocenters. The molecule has 6 nitrogen and oxygen atoms in total. The lowest BCUT2D eigenvalue weighted by Gasteiger charge is -2.17. The Morgan fingerprint density at radius 3 is 2.68 bits per heavy atom. The van der Waals surface area contributed by atoms with Crippen molar-refractivity contribution in [2.45, 2.75) is 19.6 Å². The molecule has 2 rings (SSSR count). The lowest BCUT2D eigenvalue weighted by Crippen LogP contribution is -2.23. The number of carbonyl (C=O) groups is 1. The molecule has 22 heavy (non-hydrogen) atoms. The standard InChI is InChI=1S/C15H14ClNO5/c1-9(22-13-5-3-2-4-11(13)16)6-17-7-10(15(20)21)14(19)12(18)8-17/h2-5,7-9,18H,6H2,1H3,(H,20,21). The quantitative estimate of drug-likeness (QED) is 0.881. The molecule has 0 bridgehead atoms. The molecule has 1 aromatic carbocycles. The van der Waals surface area contributed by atoms with E-state index in [1.54, 1.807) is 31.2 Å². The van der Waals surface area contributed by atoms with E-state index in [2.05, 4.69) is 0 Å². The lowest BCUT2D eigenvalue weighted by molar-refractivity contribution is 0.0693. The first-order valence-electron chi connectivity index (χ1n) is 6.46. The highest BCUT2D eigenvalue weighted by atomic mass is 35.5. The number of nitrogens with zero attached hydrogens (tertiary/aromatic N) is 1. The van der Waals surface area contributed by atoms with Crippen molar-refractivity contribution in [2.75, 3.05) is 0 Å². The number of rotatable bonds is 5. The van der Waals surface area contributed by atoms with Crippen molar-refractivity contribution >= 4 is 17.6 Å². The average molecular weight is 324 g/mol. The van der Waals surface area contributed by atoms with Gasteiger partial charge in [-0.3, -0.25) is 4.79 Å². The zero-order chi connectivity index (χ0) is 16.3. The molecule has 1 heterocycles. The molecular weight excluding hydrogens is 310 g/mol. The summed E-state index contributed by atoms with van der Waals surface area (Å²) in [6.07, 6.45) is 1.97. The fraction of sp³-hybridized carbons (Fsp3) is 0.200. The van der Waals surface area contributed by atoms with Crippen LogP contribution in [0.3, 0.4) is 0 Å². The summed E-state index contributed by atoms with van der Waals surface area (Å²) in [7, 11) is 0. The van der Waals surface area contributed by atoms with Crippen LogP contribution in [0.25, 0.3) is 0 Å². The van der Waals surface area contributed by atoms with Crippen molar-refractivity contribution in [1.82, 2.24) is 4.57 Å². The number of para-hydroxylation sites is 1. The first-order valence-corrected chi connectivity index (χ1v) is 6.84. The van der Waals surface area contributed by atoms with Gasteiger partial charge < -0.3 is 19.5 Å². The molecule has 0 aliphatic carbocycles. The SMILES string of the molecule is CC(Cn1cc(O)c(=O)c(C(=O)O)c1)Oc1ccccc1Cl. The molecule has 0 saturated heterocycles. The van der Waals surface area contributed by atoms with Gasteiger partial charge >= 0.3 is 5.97 Å². The van der Waals surface area contributed by atoms with Gasteiger partial charge in [-0.05, 0) is 19.1 Å². The molecule has 116 valence electrons. The second-order valence-corrected chi connectivity index (χ2v) is 5.15. The zero-order valence-corrected chi connectivity index (χ0v) is 12.4. The first-order chi connectivity index (χ1) is 10.4. The van der Waals surface area contributed by atoms with Crippen LogP contribution in [0.2, 0.25) is 5.02 Å². The van der Waals surface area contributed by atoms with Gasteiger partial charge in [0.25, 0.3) is 0 Å². The third-order valence-electron chi connectivity index (χ3n) is 2.92. The number of ether oxygens (including phenoxy) is 1. The molecule has 7 heteroatoms. The van der Waals surface area contributed by atoms with Gasteiger partial charge in [0, 0.05) is 12.4 Å². The number of pyridine rings is 1. The van der Waals surface area contributed by atoms with E-state index in [1.165, 1.54) is 10.8 Å². The topological polar surface area (TPSA) is 88.8 Å². The van der Waals surface area contributed by atoms with Crippen LogP contribution in [0.5, 0.6) is 11.5 Å². The van der Waals surface area contributed by atoms with Gasteiger partial charge in [0.2, 0.25) is 5.43 Å². The number of benzene rings is 1. The molecule has 0 saturated carbocycles. The fourth-order valence-corrected chi connectivity index (χ4v) is 2.14. The van der Waals surface area contributed by atoms with Crippen molar-refractivity contribution in [3.05, 3.63) is 57.5 Å². The van der Waals surface area contributed by atoms with Gasteiger partial charge in [-0.15, -0.1) is 0 Å². The van der Waals surface area contributed by atoms with Crippen LogP contribution in [0.4, 0.5) is 0 Å². The van der Waals surface area contributed by atoms with Gasteiger partial charge in [-0.2, -0.15) is 0 Å². The van der Waals surface area contributed by atoms with Crippen LogP contribution in [-0.2, 0) is 6.54 Å². The molecule has 0 amide bonds. The third kappa shape index (κ3) is 3.59. The van der Waals surface area contributed by atoms with Gasteiger partial charge in [0.05, 0.1) is 11.6 Å². The van der Waals surface area contributed by atoms with E-state index in [4.69, 9.17) is 21.4 Å². The summed E-state index contributed by atoms with van der Waals surface area (Å²) in [6, 6.07) is 6.96. The zero-order valence-electron chi connectivity index (χ0n) is 11.7. The second-order valence-electron chi connectivity index (χ2n) is 4.75.